The van der Waals surface area contributed by atoms with Crippen molar-refractivity contribution in [3.63, 3.8) is 0 Å². The molecule has 0 aromatic heterocycles. The minimum Gasteiger partial charge on any atom is -0.444 e. The van der Waals surface area contributed by atoms with Gasteiger partial charge in [-0.15, -0.1) is 6.58 Å². The molecule has 3 amide bonds. The van der Waals surface area contributed by atoms with Gasteiger partial charge < -0.3 is 20.3 Å². The number of hydrogen-bond donors (Lipinski definition) is 2. The van der Waals surface area contributed by atoms with Gasteiger partial charge in [-0.25, -0.2) is 4.79 Å². The predicted molar refractivity (Wildman–Crippen MR) is 148 cm³/mol. The highest BCUT2D eigenvalue weighted by molar-refractivity contribution is 5.99. The average molecular weight is 508 g/mol. The average Bonchev–Trinajstić information content (AvgIpc) is 2.79. The van der Waals surface area contributed by atoms with E-state index in [0.717, 1.165) is 16.7 Å². The molecule has 2 N–H and O–H groups in total. The minimum atomic E-state index is -0.953. The monoisotopic (exact) mass is 507 g/mol. The van der Waals surface area contributed by atoms with Gasteiger partial charge in [-0.1, -0.05) is 56.3 Å². The smallest absolute Gasteiger partial charge is 0.408 e. The second kappa shape index (κ2) is 12.6. The Morgan fingerprint density at radius 3 is 2.19 bits per heavy atom. The van der Waals surface area contributed by atoms with E-state index in [1.54, 1.807) is 26.8 Å². The zero-order valence-electron chi connectivity index (χ0n) is 23.3. The number of benzene rings is 2. The molecule has 37 heavy (non-hydrogen) atoms. The summed E-state index contributed by atoms with van der Waals surface area (Å²) >= 11 is 0. The second-order valence-corrected chi connectivity index (χ2v) is 10.7. The first kappa shape index (κ1) is 29.6. The molecule has 2 aromatic carbocycles. The third kappa shape index (κ3) is 8.20. The van der Waals surface area contributed by atoms with Crippen molar-refractivity contribution in [2.45, 2.75) is 73.1 Å². The molecule has 0 fully saturated rings. The number of nitrogens with one attached hydrogen (secondary N) is 2. The number of rotatable bonds is 9. The molecular weight excluding hydrogens is 466 g/mol. The van der Waals surface area contributed by atoms with E-state index in [-0.39, 0.29) is 18.4 Å². The first-order valence-corrected chi connectivity index (χ1v) is 12.6. The Hall–Kier alpha value is -3.61. The molecule has 7 heteroatoms. The quantitative estimate of drug-likeness (QED) is 0.417. The highest BCUT2D eigenvalue weighted by atomic mass is 16.6. The van der Waals surface area contributed by atoms with Crippen LogP contribution in [-0.2, 0) is 14.3 Å². The number of para-hydroxylation sites is 1. The van der Waals surface area contributed by atoms with Crippen LogP contribution in [0.25, 0.3) is 0 Å². The first-order chi connectivity index (χ1) is 17.2. The zero-order valence-corrected chi connectivity index (χ0v) is 23.3. The molecule has 7 nitrogen and oxygen atoms in total. The normalized spacial score (nSPS) is 12.9. The summed E-state index contributed by atoms with van der Waals surface area (Å²) in [4.78, 5) is 41.9. The fraction of sp³-hybridized carbons (Fsp3) is 0.433. The van der Waals surface area contributed by atoms with Gasteiger partial charge in [0.2, 0.25) is 5.91 Å². The van der Waals surface area contributed by atoms with E-state index in [4.69, 9.17) is 4.74 Å². The maximum atomic E-state index is 14.0. The number of carbonyl (C=O) groups is 3. The first-order valence-electron chi connectivity index (χ1n) is 12.6. The van der Waals surface area contributed by atoms with Crippen molar-refractivity contribution < 1.29 is 19.1 Å². The Kier molecular flexibility index (Phi) is 10.1. The van der Waals surface area contributed by atoms with Gasteiger partial charge in [0.1, 0.15) is 17.7 Å². The Morgan fingerprint density at radius 2 is 1.65 bits per heavy atom. The second-order valence-electron chi connectivity index (χ2n) is 10.7. The summed E-state index contributed by atoms with van der Waals surface area (Å²) in [7, 11) is 0. The number of alkyl carbamates (subject to hydrolysis) is 1. The third-order valence-electron chi connectivity index (χ3n) is 6.02. The summed E-state index contributed by atoms with van der Waals surface area (Å²) in [5, 5.41) is 5.72. The summed E-state index contributed by atoms with van der Waals surface area (Å²) < 4.78 is 5.40. The minimum absolute atomic E-state index is 0.108. The van der Waals surface area contributed by atoms with Gasteiger partial charge in [0.25, 0.3) is 5.91 Å². The summed E-state index contributed by atoms with van der Waals surface area (Å²) in [6.07, 6.45) is 0.892. The van der Waals surface area contributed by atoms with E-state index in [9.17, 15) is 14.4 Å². The van der Waals surface area contributed by atoms with Crippen LogP contribution in [0.1, 0.15) is 62.9 Å². The number of carbonyl (C=O) groups excluding carboxylic acids is 3. The number of amides is 3. The lowest BCUT2D eigenvalue weighted by molar-refractivity contribution is -0.141. The van der Waals surface area contributed by atoms with Crippen molar-refractivity contribution in [1.29, 1.82) is 0 Å². The molecule has 2 atom stereocenters. The van der Waals surface area contributed by atoms with E-state index < -0.39 is 29.7 Å². The highest BCUT2D eigenvalue weighted by Crippen LogP contribution is 2.27. The third-order valence-corrected chi connectivity index (χ3v) is 6.02. The van der Waals surface area contributed by atoms with E-state index in [0.29, 0.717) is 11.3 Å². The Bertz CT molecular complexity index is 1130. The lowest BCUT2D eigenvalue weighted by atomic mass is 9.96. The largest absolute Gasteiger partial charge is 0.444 e. The van der Waals surface area contributed by atoms with Crippen LogP contribution in [0.5, 0.6) is 0 Å². The molecule has 0 saturated heterocycles. The van der Waals surface area contributed by atoms with Crippen molar-refractivity contribution in [3.05, 3.63) is 77.4 Å². The summed E-state index contributed by atoms with van der Waals surface area (Å²) in [5.74, 6) is -1.01. The van der Waals surface area contributed by atoms with Gasteiger partial charge in [0.15, 0.2) is 0 Å². The predicted octanol–water partition coefficient (Wildman–Crippen LogP) is 5.86. The maximum absolute atomic E-state index is 14.0. The number of nitrogens with zero attached hydrogens (tertiary/aromatic N) is 1. The molecule has 200 valence electrons. The maximum Gasteiger partial charge on any atom is 0.408 e. The van der Waals surface area contributed by atoms with Crippen LogP contribution >= 0.6 is 0 Å². The molecule has 0 spiro atoms. The van der Waals surface area contributed by atoms with Crippen LogP contribution < -0.4 is 10.6 Å². The lowest BCUT2D eigenvalue weighted by Crippen LogP contribution is -2.54. The number of aryl methyl sites for hydroxylation is 3. The summed E-state index contributed by atoms with van der Waals surface area (Å²) in [6.45, 7) is 18.8. The molecule has 0 radical (unpaired) electrons. The van der Waals surface area contributed by atoms with E-state index in [2.05, 4.69) is 17.2 Å². The zero-order chi connectivity index (χ0) is 27.9. The van der Waals surface area contributed by atoms with Crippen LogP contribution in [0.2, 0.25) is 0 Å². The van der Waals surface area contributed by atoms with Gasteiger partial charge in [-0.3, -0.25) is 9.59 Å². The Labute approximate surface area is 221 Å². The van der Waals surface area contributed by atoms with E-state index in [1.165, 1.54) is 4.90 Å². The van der Waals surface area contributed by atoms with Gasteiger partial charge in [0.05, 0.1) is 0 Å². The fourth-order valence-corrected chi connectivity index (χ4v) is 3.91. The molecular formula is C30H41N3O4. The van der Waals surface area contributed by atoms with E-state index in [1.807, 2.05) is 77.1 Å². The summed E-state index contributed by atoms with van der Waals surface area (Å²) in [6, 6.07) is 11.3. The molecule has 0 bridgehead atoms. The van der Waals surface area contributed by atoms with Crippen LogP contribution in [0, 0.1) is 26.7 Å². The summed E-state index contributed by atoms with van der Waals surface area (Å²) in [5.41, 5.74) is 3.61. The Morgan fingerprint density at radius 1 is 1.00 bits per heavy atom. The lowest BCUT2D eigenvalue weighted by Gasteiger charge is -2.35. The molecule has 2 rings (SSSR count). The molecule has 0 heterocycles. The van der Waals surface area contributed by atoms with Crippen molar-refractivity contribution >= 4 is 23.6 Å². The van der Waals surface area contributed by atoms with Crippen LogP contribution in [-0.4, -0.2) is 41.0 Å². The van der Waals surface area contributed by atoms with E-state index >= 15 is 0 Å². The van der Waals surface area contributed by atoms with Gasteiger partial charge in [-0.2, -0.15) is 0 Å². The van der Waals surface area contributed by atoms with Crippen molar-refractivity contribution in [3.8, 4) is 0 Å². The van der Waals surface area contributed by atoms with Crippen molar-refractivity contribution in [2.24, 2.45) is 5.92 Å². The molecule has 2 unspecified atom stereocenters. The number of hydrogen-bond acceptors (Lipinski definition) is 4. The standard InChI is InChI=1S/C30H41N3O4/c1-10-17-33(28(35)25(19(2)3)32-29(36)37-30(7,8)9)26(23-16-15-20(4)22(6)18-23)27(34)31-24-14-12-11-13-21(24)5/h10-16,18-19,25-26H,1,17H2,2-9H3,(H,31,34)(H,32,36). The van der Waals surface area contributed by atoms with Crippen molar-refractivity contribution in [1.82, 2.24) is 10.2 Å². The Balaban J connectivity index is 2.54. The molecule has 0 aliphatic rings. The van der Waals surface area contributed by atoms with Crippen LogP contribution in [0.3, 0.4) is 0 Å². The van der Waals surface area contributed by atoms with Gasteiger partial charge in [0, 0.05) is 12.2 Å². The molecule has 0 aliphatic carbocycles. The molecule has 2 aromatic rings. The van der Waals surface area contributed by atoms with Crippen LogP contribution in [0.4, 0.5) is 10.5 Å². The highest BCUT2D eigenvalue weighted by Gasteiger charge is 2.37. The van der Waals surface area contributed by atoms with Gasteiger partial charge in [-0.05, 0) is 75.8 Å². The molecule has 0 saturated carbocycles. The fourth-order valence-electron chi connectivity index (χ4n) is 3.91. The van der Waals surface area contributed by atoms with Crippen LogP contribution in [0.15, 0.2) is 55.1 Å². The topological polar surface area (TPSA) is 87.7 Å². The SMILES string of the molecule is C=CCN(C(=O)C(NC(=O)OC(C)(C)C)C(C)C)C(C(=O)Nc1ccccc1C)c1ccc(C)c(C)c1. The number of ether oxygens (including phenoxy) is 1. The number of anilines is 1. The molecule has 0 aliphatic heterocycles. The van der Waals surface area contributed by atoms with Crippen molar-refractivity contribution in [2.75, 3.05) is 11.9 Å². The van der Waals surface area contributed by atoms with Gasteiger partial charge >= 0.3 is 6.09 Å².